The molecule has 448 valence electrons. The average Bonchev–Trinajstić information content (AvgIpc) is 2.48. The summed E-state index contributed by atoms with van der Waals surface area (Å²) in [6.07, 6.45) is -33.1. The molecule has 4 saturated heterocycles. The van der Waals surface area contributed by atoms with Gasteiger partial charge in [0.05, 0.1) is 49.7 Å². The van der Waals surface area contributed by atoms with Crippen molar-refractivity contribution in [1.29, 1.82) is 0 Å². The van der Waals surface area contributed by atoms with Gasteiger partial charge in [0.1, 0.15) is 85.5 Å². The molecule has 0 aromatic heterocycles. The van der Waals surface area contributed by atoms with E-state index in [4.69, 9.17) is 37.9 Å². The van der Waals surface area contributed by atoms with Crippen LogP contribution in [0.1, 0.15) is 107 Å². The number of ether oxygens (including phenoxy) is 8. The molecular weight excluding hydrogens is 1030 g/mol. The van der Waals surface area contributed by atoms with Crippen LogP contribution in [0.3, 0.4) is 0 Å². The quantitative estimate of drug-likeness (QED) is 0.0709. The molecule has 24 heteroatoms. The summed E-state index contributed by atoms with van der Waals surface area (Å²) >= 11 is 0. The molecule has 4 heterocycles. The van der Waals surface area contributed by atoms with Gasteiger partial charge in [-0.2, -0.15) is 0 Å². The van der Waals surface area contributed by atoms with E-state index in [2.05, 4.69) is 40.7 Å². The highest BCUT2D eigenvalue weighted by Crippen LogP contribution is 2.76. The van der Waals surface area contributed by atoms with Gasteiger partial charge in [-0.15, -0.1) is 0 Å². The van der Waals surface area contributed by atoms with Crippen LogP contribution in [0.25, 0.3) is 0 Å². The fraction of sp³-hybridized carbons (Fsp3) is 0.944. The van der Waals surface area contributed by atoms with Gasteiger partial charge in [-0.05, 0) is 103 Å². The van der Waals surface area contributed by atoms with Crippen molar-refractivity contribution in [2.75, 3.05) is 19.8 Å². The van der Waals surface area contributed by atoms with Crippen LogP contribution in [0.5, 0.6) is 0 Å². The molecule has 9 aliphatic rings. The van der Waals surface area contributed by atoms with Crippen molar-refractivity contribution >= 4 is 5.97 Å². The summed E-state index contributed by atoms with van der Waals surface area (Å²) in [4.78, 5) is 13.1. The van der Waals surface area contributed by atoms with E-state index in [-0.39, 0.29) is 40.6 Å². The molecule has 15 N–H and O–H groups in total. The van der Waals surface area contributed by atoms with Gasteiger partial charge in [-0.3, -0.25) is 0 Å². The Morgan fingerprint density at radius 3 is 1.74 bits per heavy atom. The minimum atomic E-state index is -2.25. The zero-order chi connectivity index (χ0) is 57.3. The monoisotopic (exact) mass is 1120 g/mol. The lowest BCUT2D eigenvalue weighted by molar-refractivity contribution is -0.406. The van der Waals surface area contributed by atoms with Crippen LogP contribution in [0.4, 0.5) is 0 Å². The van der Waals surface area contributed by atoms with Gasteiger partial charge < -0.3 is 114 Å². The van der Waals surface area contributed by atoms with E-state index in [0.717, 1.165) is 6.42 Å². The van der Waals surface area contributed by atoms with Gasteiger partial charge in [-0.25, -0.2) is 4.79 Å². The Bertz CT molecular complexity index is 2170. The van der Waals surface area contributed by atoms with E-state index in [1.807, 2.05) is 13.8 Å². The molecule has 78 heavy (non-hydrogen) atoms. The van der Waals surface area contributed by atoms with Crippen molar-refractivity contribution in [3.05, 3.63) is 11.6 Å². The van der Waals surface area contributed by atoms with Crippen molar-refractivity contribution in [3.63, 3.8) is 0 Å². The molecular formula is C54H88O24. The molecule has 0 radical (unpaired) electrons. The molecule has 5 aliphatic carbocycles. The number of hydrogen-bond acceptors (Lipinski definition) is 23. The van der Waals surface area contributed by atoms with Gasteiger partial charge in [0, 0.05) is 0 Å². The Kier molecular flexibility index (Phi) is 17.0. The second kappa shape index (κ2) is 21.8. The van der Waals surface area contributed by atoms with Crippen molar-refractivity contribution < 1.29 is 119 Å². The van der Waals surface area contributed by atoms with Gasteiger partial charge in [0.25, 0.3) is 0 Å². The van der Waals surface area contributed by atoms with Crippen molar-refractivity contribution in [1.82, 2.24) is 0 Å². The predicted octanol–water partition coefficient (Wildman–Crippen LogP) is -2.50. The SMILES string of the molecule is C[C@@H]1O[C@@H](O[C@H]2[C@H](O[C@H]3[C@H](O)[C@@H](C(=O)O)O[C@@H](O[C@H]4CC[C@]5(C)[C@H]6CC=C7[C@@H]8CC(C)(C)C[C@H](O)[C@]8(CO)[C@H](O)C[C@@]7(C)[C@]6(C)CC[C@H]5C4(C)C)[C@@H]3O[C@@H]3O[C@H](CO)[C@@H](O)[C@H](O)[C@H]3O)O[C@H](CO)[C@H](O)[C@@H]2O)[C@H](O)[C@H](O)[C@H]1O. The average molecular weight is 1120 g/mol. The third kappa shape index (κ3) is 9.57. The summed E-state index contributed by atoms with van der Waals surface area (Å²) < 4.78 is 49.0. The van der Waals surface area contributed by atoms with Crippen molar-refractivity contribution in [3.8, 4) is 0 Å². The maximum atomic E-state index is 13.1. The van der Waals surface area contributed by atoms with Crippen molar-refractivity contribution in [2.45, 2.75) is 248 Å². The molecule has 0 aromatic carbocycles. The molecule has 0 spiro atoms. The molecule has 0 aromatic rings. The highest BCUT2D eigenvalue weighted by Gasteiger charge is 2.72. The normalized spacial score (nSPS) is 54.9. The van der Waals surface area contributed by atoms with E-state index < -0.39 is 177 Å². The Morgan fingerprint density at radius 2 is 1.13 bits per heavy atom. The molecule has 0 bridgehead atoms. The topological polar surface area (TPSA) is 394 Å². The highest BCUT2D eigenvalue weighted by atomic mass is 16.8. The summed E-state index contributed by atoms with van der Waals surface area (Å²) in [5.74, 6) is -1.91. The molecule has 9 rings (SSSR count). The summed E-state index contributed by atoms with van der Waals surface area (Å²) in [5.41, 5.74) is -2.05. The minimum Gasteiger partial charge on any atom is -0.479 e. The largest absolute Gasteiger partial charge is 0.479 e. The third-order valence-electron chi connectivity index (χ3n) is 21.5. The molecule has 4 aliphatic heterocycles. The van der Waals surface area contributed by atoms with Crippen LogP contribution < -0.4 is 0 Å². The lowest BCUT2D eigenvalue weighted by Crippen LogP contribution is -2.70. The Balaban J connectivity index is 1.05. The fourth-order valence-electron chi connectivity index (χ4n) is 16.8. The summed E-state index contributed by atoms with van der Waals surface area (Å²) in [5, 5.41) is 165. The number of hydrogen-bond donors (Lipinski definition) is 15. The van der Waals surface area contributed by atoms with Gasteiger partial charge in [-0.1, -0.05) is 60.1 Å². The number of rotatable bonds is 12. The molecule has 24 nitrogen and oxygen atoms in total. The molecule has 30 atom stereocenters. The van der Waals surface area contributed by atoms with Crippen LogP contribution in [0, 0.1) is 50.2 Å². The number of aliphatic hydroxyl groups is 14. The third-order valence-corrected chi connectivity index (χ3v) is 21.5. The number of fused-ring (bicyclic) bond motifs is 7. The Labute approximate surface area is 453 Å². The zero-order valence-electron chi connectivity index (χ0n) is 45.7. The maximum absolute atomic E-state index is 13.1. The first kappa shape index (κ1) is 60.9. The first-order valence-electron chi connectivity index (χ1n) is 27.9. The molecule has 4 saturated carbocycles. The van der Waals surface area contributed by atoms with Crippen LogP contribution in [0.2, 0.25) is 0 Å². The molecule has 0 unspecified atom stereocenters. The lowest BCUT2D eigenvalue weighted by Gasteiger charge is -2.72. The van der Waals surface area contributed by atoms with Crippen molar-refractivity contribution in [2.24, 2.45) is 50.2 Å². The zero-order valence-corrected chi connectivity index (χ0v) is 45.7. The van der Waals surface area contributed by atoms with E-state index in [9.17, 15) is 81.4 Å². The number of aliphatic carboxylic acids is 1. The number of allylic oxidation sites excluding steroid dienone is 2. The summed E-state index contributed by atoms with van der Waals surface area (Å²) in [6.45, 7) is 14.4. The van der Waals surface area contributed by atoms with Gasteiger partial charge in [0.15, 0.2) is 31.3 Å². The summed E-state index contributed by atoms with van der Waals surface area (Å²) in [7, 11) is 0. The number of aliphatic hydroxyl groups excluding tert-OH is 14. The van der Waals surface area contributed by atoms with Crippen LogP contribution >= 0.6 is 0 Å². The predicted molar refractivity (Wildman–Crippen MR) is 265 cm³/mol. The summed E-state index contributed by atoms with van der Waals surface area (Å²) in [6, 6.07) is 0. The minimum absolute atomic E-state index is 0.0567. The molecule has 8 fully saturated rings. The maximum Gasteiger partial charge on any atom is 0.335 e. The number of carbonyl (C=O) groups is 1. The smallest absolute Gasteiger partial charge is 0.335 e. The first-order chi connectivity index (χ1) is 36.4. The Hall–Kier alpha value is -1.67. The Morgan fingerprint density at radius 1 is 0.577 bits per heavy atom. The van der Waals surface area contributed by atoms with Crippen LogP contribution in [-0.4, -0.2) is 244 Å². The number of carboxylic acids is 1. The second-order valence-corrected chi connectivity index (χ2v) is 26.6. The second-order valence-electron chi connectivity index (χ2n) is 26.6. The first-order valence-corrected chi connectivity index (χ1v) is 27.9. The van der Waals surface area contributed by atoms with E-state index in [0.29, 0.717) is 44.9 Å². The van der Waals surface area contributed by atoms with Gasteiger partial charge >= 0.3 is 5.97 Å². The van der Waals surface area contributed by atoms with E-state index in [1.54, 1.807) is 0 Å². The molecule has 0 amide bonds. The standard InChI is InChI=1S/C54H88O24/c1-21-31(60)34(63)37(66)45(71-21)77-42-36(65)33(62)25(19-56)73-47(42)75-40-39(68)41(44(69)70)76-48(43(40)78-46-38(67)35(64)32(61)24(18-55)72-46)74-30-12-13-51(6)26(50(30,4)5)11-14-52(7)27(51)10-9-22-23-15-49(2,3)16-28(58)54(23,20-57)29(59)17-53(22,52)8/h9,21,23-43,45-48,55-68H,10-20H2,1-8H3,(H,69,70)/t21-,23-,24+,25+,26-,27+,28-,29+,30-,31-,32+,33-,34+,35-,36-,37+,38+,39-,40-,41-,42+,43+,45-,46-,47-,48+,51-,52+,53+,54+/m0/s1. The highest BCUT2D eigenvalue weighted by molar-refractivity contribution is 5.73. The fourth-order valence-corrected chi connectivity index (χ4v) is 16.8. The van der Waals surface area contributed by atoms with Crippen LogP contribution in [0.15, 0.2) is 11.6 Å². The van der Waals surface area contributed by atoms with E-state index >= 15 is 0 Å². The van der Waals surface area contributed by atoms with Gasteiger partial charge in [0.2, 0.25) is 0 Å². The lowest BCUT2D eigenvalue weighted by atomic mass is 9.33. The number of carboxylic acid groups (broad SMARTS) is 1. The van der Waals surface area contributed by atoms with E-state index in [1.165, 1.54) is 12.5 Å². The van der Waals surface area contributed by atoms with Crippen LogP contribution in [-0.2, 0) is 42.7 Å².